The van der Waals surface area contributed by atoms with E-state index in [-0.39, 0.29) is 11.9 Å². The standard InChI is InChI=1S/C22H24N2O2/c25-20-6-3-4-16(14-20)7-10-19-5-1-2-13-24(19)22(26)18-9-8-17-11-12-23-21(17)15-18/h3-4,6,8-9,11-12,14-15,19,23,25H,1-2,5,7,10,13H2/t19-/m1/s1. The Morgan fingerprint density at radius 2 is 2.08 bits per heavy atom. The number of carbonyl (C=O) groups excluding carboxylic acids is 1. The summed E-state index contributed by atoms with van der Waals surface area (Å²) in [4.78, 5) is 18.4. The van der Waals surface area contributed by atoms with E-state index >= 15 is 0 Å². The molecule has 1 atom stereocenters. The minimum atomic E-state index is 0.127. The molecule has 26 heavy (non-hydrogen) atoms. The normalized spacial score (nSPS) is 17.5. The fourth-order valence-electron chi connectivity index (χ4n) is 3.96. The maximum Gasteiger partial charge on any atom is 0.254 e. The number of fused-ring (bicyclic) bond motifs is 1. The molecule has 1 aliphatic heterocycles. The molecule has 2 heterocycles. The summed E-state index contributed by atoms with van der Waals surface area (Å²) in [5.74, 6) is 0.431. The predicted molar refractivity (Wildman–Crippen MR) is 103 cm³/mol. The number of aromatic amines is 1. The fourth-order valence-corrected chi connectivity index (χ4v) is 3.96. The summed E-state index contributed by atoms with van der Waals surface area (Å²) in [6, 6.07) is 15.6. The van der Waals surface area contributed by atoms with Gasteiger partial charge in [0.25, 0.3) is 5.91 Å². The molecule has 0 aliphatic carbocycles. The summed E-state index contributed by atoms with van der Waals surface area (Å²) in [6.45, 7) is 0.826. The highest BCUT2D eigenvalue weighted by atomic mass is 16.3. The number of H-pyrrole nitrogens is 1. The molecule has 134 valence electrons. The first kappa shape index (κ1) is 16.7. The van der Waals surface area contributed by atoms with Crippen LogP contribution >= 0.6 is 0 Å². The van der Waals surface area contributed by atoms with Gasteiger partial charge in [-0.05, 0) is 73.4 Å². The van der Waals surface area contributed by atoms with E-state index in [0.717, 1.165) is 54.3 Å². The smallest absolute Gasteiger partial charge is 0.254 e. The van der Waals surface area contributed by atoms with Crippen LogP contribution in [0.25, 0.3) is 10.9 Å². The number of hydrogen-bond donors (Lipinski definition) is 2. The summed E-state index contributed by atoms with van der Waals surface area (Å²) < 4.78 is 0. The van der Waals surface area contributed by atoms with Gasteiger partial charge < -0.3 is 15.0 Å². The number of phenols is 1. The molecule has 0 radical (unpaired) electrons. The minimum Gasteiger partial charge on any atom is -0.508 e. The van der Waals surface area contributed by atoms with Crippen molar-refractivity contribution in [3.63, 3.8) is 0 Å². The Morgan fingerprint density at radius 3 is 2.96 bits per heavy atom. The highest BCUT2D eigenvalue weighted by molar-refractivity contribution is 5.98. The molecule has 2 N–H and O–H groups in total. The average Bonchev–Trinajstić information content (AvgIpc) is 3.14. The van der Waals surface area contributed by atoms with Crippen molar-refractivity contribution >= 4 is 16.8 Å². The zero-order valence-corrected chi connectivity index (χ0v) is 14.8. The number of aryl methyl sites for hydroxylation is 1. The van der Waals surface area contributed by atoms with Crippen LogP contribution in [0.15, 0.2) is 54.7 Å². The molecule has 1 amide bonds. The number of amides is 1. The van der Waals surface area contributed by atoms with Crippen molar-refractivity contribution in [1.82, 2.24) is 9.88 Å². The third-order valence-corrected chi connectivity index (χ3v) is 5.37. The maximum atomic E-state index is 13.1. The van der Waals surface area contributed by atoms with Gasteiger partial charge >= 0.3 is 0 Å². The first-order valence-corrected chi connectivity index (χ1v) is 9.37. The number of rotatable bonds is 4. The first-order chi connectivity index (χ1) is 12.7. The van der Waals surface area contributed by atoms with Gasteiger partial charge in [0.2, 0.25) is 0 Å². The lowest BCUT2D eigenvalue weighted by Crippen LogP contribution is -2.44. The Kier molecular flexibility index (Phi) is 4.65. The highest BCUT2D eigenvalue weighted by Crippen LogP contribution is 2.25. The summed E-state index contributed by atoms with van der Waals surface area (Å²) in [6.07, 6.45) is 6.99. The number of nitrogens with zero attached hydrogens (tertiary/aromatic N) is 1. The van der Waals surface area contributed by atoms with Gasteiger partial charge in [-0.1, -0.05) is 18.2 Å². The molecule has 1 saturated heterocycles. The number of aromatic hydroxyl groups is 1. The van der Waals surface area contributed by atoms with Crippen LogP contribution in [0.5, 0.6) is 5.75 Å². The molecule has 0 bridgehead atoms. The maximum absolute atomic E-state index is 13.1. The molecule has 0 saturated carbocycles. The molecule has 4 heteroatoms. The lowest BCUT2D eigenvalue weighted by Gasteiger charge is -2.36. The first-order valence-electron chi connectivity index (χ1n) is 9.37. The van der Waals surface area contributed by atoms with E-state index in [2.05, 4.69) is 9.88 Å². The van der Waals surface area contributed by atoms with Gasteiger partial charge in [-0.25, -0.2) is 0 Å². The van der Waals surface area contributed by atoms with Crippen LogP contribution < -0.4 is 0 Å². The van der Waals surface area contributed by atoms with Gasteiger partial charge in [-0.15, -0.1) is 0 Å². The minimum absolute atomic E-state index is 0.127. The van der Waals surface area contributed by atoms with Crippen molar-refractivity contribution in [3.8, 4) is 5.75 Å². The second kappa shape index (κ2) is 7.24. The predicted octanol–water partition coefficient (Wildman–Crippen LogP) is 4.50. The highest BCUT2D eigenvalue weighted by Gasteiger charge is 2.27. The number of phenolic OH excluding ortho intramolecular Hbond substituents is 1. The lowest BCUT2D eigenvalue weighted by atomic mass is 9.95. The zero-order chi connectivity index (χ0) is 17.9. The third-order valence-electron chi connectivity index (χ3n) is 5.37. The quantitative estimate of drug-likeness (QED) is 0.729. The molecule has 1 aliphatic rings. The van der Waals surface area contributed by atoms with Crippen molar-refractivity contribution in [2.45, 2.75) is 38.1 Å². The largest absolute Gasteiger partial charge is 0.508 e. The van der Waals surface area contributed by atoms with Crippen LogP contribution in [-0.2, 0) is 6.42 Å². The van der Waals surface area contributed by atoms with E-state index in [0.29, 0.717) is 5.75 Å². The van der Waals surface area contributed by atoms with Gasteiger partial charge in [0, 0.05) is 29.9 Å². The van der Waals surface area contributed by atoms with Crippen molar-refractivity contribution in [2.24, 2.45) is 0 Å². The number of benzene rings is 2. The number of piperidine rings is 1. The monoisotopic (exact) mass is 348 g/mol. The number of nitrogens with one attached hydrogen (secondary N) is 1. The van der Waals surface area contributed by atoms with Gasteiger partial charge in [-0.2, -0.15) is 0 Å². The Hall–Kier alpha value is -2.75. The number of carbonyl (C=O) groups is 1. The van der Waals surface area contributed by atoms with Crippen LogP contribution in [0, 0.1) is 0 Å². The van der Waals surface area contributed by atoms with Gasteiger partial charge in [-0.3, -0.25) is 4.79 Å². The summed E-state index contributed by atoms with van der Waals surface area (Å²) in [5.41, 5.74) is 2.88. The zero-order valence-electron chi connectivity index (χ0n) is 14.8. The van der Waals surface area contributed by atoms with Crippen LogP contribution in [0.4, 0.5) is 0 Å². The molecule has 1 aromatic heterocycles. The molecule has 0 spiro atoms. The van der Waals surface area contributed by atoms with E-state index in [1.54, 1.807) is 6.07 Å². The summed E-state index contributed by atoms with van der Waals surface area (Å²) >= 11 is 0. The second-order valence-electron chi connectivity index (χ2n) is 7.14. The van der Waals surface area contributed by atoms with Gasteiger partial charge in [0.15, 0.2) is 0 Å². The van der Waals surface area contributed by atoms with E-state index in [9.17, 15) is 9.90 Å². The fraction of sp³-hybridized carbons (Fsp3) is 0.318. The molecule has 1 fully saturated rings. The van der Waals surface area contributed by atoms with Gasteiger partial charge in [0.1, 0.15) is 5.75 Å². The Morgan fingerprint density at radius 1 is 1.15 bits per heavy atom. The summed E-state index contributed by atoms with van der Waals surface area (Å²) in [5, 5.41) is 10.8. The Labute approximate surface area is 153 Å². The van der Waals surface area contributed by atoms with Crippen molar-refractivity contribution < 1.29 is 9.90 Å². The van der Waals surface area contributed by atoms with Crippen LogP contribution in [-0.4, -0.2) is 33.5 Å². The number of hydrogen-bond acceptors (Lipinski definition) is 2. The lowest BCUT2D eigenvalue weighted by molar-refractivity contribution is 0.0602. The molecule has 4 nitrogen and oxygen atoms in total. The van der Waals surface area contributed by atoms with Crippen molar-refractivity contribution in [2.75, 3.05) is 6.54 Å². The molecule has 0 unspecified atom stereocenters. The SMILES string of the molecule is O=C(c1ccc2cc[nH]c2c1)N1CCCC[C@@H]1CCc1cccc(O)c1. The van der Waals surface area contributed by atoms with Gasteiger partial charge in [0.05, 0.1) is 0 Å². The van der Waals surface area contributed by atoms with E-state index in [4.69, 9.17) is 0 Å². The number of likely N-dealkylation sites (tertiary alicyclic amines) is 1. The molecule has 4 rings (SSSR count). The molecule has 2 aromatic carbocycles. The molecule has 3 aromatic rings. The van der Waals surface area contributed by atoms with E-state index in [1.165, 1.54) is 6.42 Å². The van der Waals surface area contributed by atoms with Crippen LogP contribution in [0.1, 0.15) is 41.6 Å². The van der Waals surface area contributed by atoms with Crippen LogP contribution in [0.3, 0.4) is 0 Å². The second-order valence-corrected chi connectivity index (χ2v) is 7.14. The molecular weight excluding hydrogens is 324 g/mol. The van der Waals surface area contributed by atoms with Crippen molar-refractivity contribution in [1.29, 1.82) is 0 Å². The van der Waals surface area contributed by atoms with E-state index in [1.807, 2.05) is 48.7 Å². The average molecular weight is 348 g/mol. The number of aromatic nitrogens is 1. The van der Waals surface area contributed by atoms with Crippen molar-refractivity contribution in [3.05, 3.63) is 65.9 Å². The third kappa shape index (κ3) is 3.45. The topological polar surface area (TPSA) is 56.3 Å². The van der Waals surface area contributed by atoms with E-state index < -0.39 is 0 Å². The molecular formula is C22H24N2O2. The summed E-state index contributed by atoms with van der Waals surface area (Å²) in [7, 11) is 0. The Bertz CT molecular complexity index is 915. The van der Waals surface area contributed by atoms with Crippen LogP contribution in [0.2, 0.25) is 0 Å². The Balaban J connectivity index is 1.49.